The predicted molar refractivity (Wildman–Crippen MR) is 75.0 cm³/mol. The molecule has 0 aromatic heterocycles. The van der Waals surface area contributed by atoms with Crippen LogP contribution in [0.15, 0.2) is 0 Å². The second-order valence-electron chi connectivity index (χ2n) is 6.05. The fourth-order valence-electron chi connectivity index (χ4n) is 3.55. The maximum Gasteiger partial charge on any atom is 0.243 e. The summed E-state index contributed by atoms with van der Waals surface area (Å²) in [5.74, 6) is -0.400. The Hall–Kier alpha value is -1.14. The Morgan fingerprint density at radius 2 is 1.95 bits per heavy atom. The van der Waals surface area contributed by atoms with Gasteiger partial charge in [-0.15, -0.1) is 0 Å². The van der Waals surface area contributed by atoms with Crippen molar-refractivity contribution in [2.24, 2.45) is 5.73 Å². The van der Waals surface area contributed by atoms with Gasteiger partial charge in [-0.25, -0.2) is 0 Å². The van der Waals surface area contributed by atoms with Crippen LogP contribution in [-0.2, 0) is 14.3 Å². The summed E-state index contributed by atoms with van der Waals surface area (Å²) in [4.78, 5) is 28.2. The first-order valence-corrected chi connectivity index (χ1v) is 7.23. The first-order chi connectivity index (χ1) is 9.42. The molecule has 2 atom stereocenters. The number of carbonyl (C=O) groups excluding carboxylic acids is 2. The number of nitrogens with two attached hydrogens (primary N) is 1. The van der Waals surface area contributed by atoms with Crippen LogP contribution >= 0.6 is 0 Å². The zero-order valence-corrected chi connectivity index (χ0v) is 12.6. The van der Waals surface area contributed by atoms with Crippen molar-refractivity contribution in [1.82, 2.24) is 9.80 Å². The molecule has 2 aliphatic rings. The molecular weight excluding hydrogens is 258 g/mol. The van der Waals surface area contributed by atoms with Crippen molar-refractivity contribution in [3.63, 3.8) is 0 Å². The number of primary amides is 1. The van der Waals surface area contributed by atoms with Gasteiger partial charge in [-0.2, -0.15) is 0 Å². The van der Waals surface area contributed by atoms with Crippen molar-refractivity contribution in [1.29, 1.82) is 0 Å². The van der Waals surface area contributed by atoms with Gasteiger partial charge in [0.05, 0.1) is 12.1 Å². The minimum Gasteiger partial charge on any atom is -0.380 e. The third-order valence-electron chi connectivity index (χ3n) is 4.99. The number of methoxy groups -OCH3 is 1. The van der Waals surface area contributed by atoms with Gasteiger partial charge in [-0.3, -0.25) is 14.5 Å². The Balaban J connectivity index is 2.14. The maximum absolute atomic E-state index is 12.7. The van der Waals surface area contributed by atoms with E-state index < -0.39 is 5.54 Å². The van der Waals surface area contributed by atoms with Crippen molar-refractivity contribution in [2.75, 3.05) is 27.7 Å². The van der Waals surface area contributed by atoms with Gasteiger partial charge >= 0.3 is 0 Å². The van der Waals surface area contributed by atoms with Crippen molar-refractivity contribution in [2.45, 2.75) is 49.8 Å². The number of ether oxygens (including phenoxy) is 1. The highest BCUT2D eigenvalue weighted by Gasteiger charge is 2.48. The predicted octanol–water partition coefficient (Wildman–Crippen LogP) is -0.0380. The quantitative estimate of drug-likeness (QED) is 0.785. The van der Waals surface area contributed by atoms with E-state index in [-0.39, 0.29) is 24.0 Å². The average Bonchev–Trinajstić information content (AvgIpc) is 3.04. The van der Waals surface area contributed by atoms with E-state index in [1.54, 1.807) is 19.1 Å². The van der Waals surface area contributed by atoms with Crippen molar-refractivity contribution < 1.29 is 14.3 Å². The van der Waals surface area contributed by atoms with Gasteiger partial charge in [-0.1, -0.05) is 12.8 Å². The van der Waals surface area contributed by atoms with E-state index in [4.69, 9.17) is 10.5 Å². The molecule has 1 heterocycles. The molecule has 0 aromatic rings. The average molecular weight is 283 g/mol. The highest BCUT2D eigenvalue weighted by Crippen LogP contribution is 2.35. The molecule has 0 spiro atoms. The lowest BCUT2D eigenvalue weighted by Gasteiger charge is -2.38. The van der Waals surface area contributed by atoms with Crippen molar-refractivity contribution >= 4 is 11.8 Å². The highest BCUT2D eigenvalue weighted by molar-refractivity contribution is 5.92. The van der Waals surface area contributed by atoms with Crippen LogP contribution in [0.4, 0.5) is 0 Å². The molecule has 2 N–H and O–H groups in total. The van der Waals surface area contributed by atoms with Crippen LogP contribution in [0.5, 0.6) is 0 Å². The molecule has 20 heavy (non-hydrogen) atoms. The van der Waals surface area contributed by atoms with E-state index >= 15 is 0 Å². The van der Waals surface area contributed by atoms with E-state index in [9.17, 15) is 9.59 Å². The fourth-order valence-corrected chi connectivity index (χ4v) is 3.55. The molecule has 1 saturated heterocycles. The van der Waals surface area contributed by atoms with Crippen LogP contribution in [0.2, 0.25) is 0 Å². The topological polar surface area (TPSA) is 75.9 Å². The van der Waals surface area contributed by atoms with E-state index in [1.807, 2.05) is 11.9 Å². The Kier molecular flexibility index (Phi) is 4.34. The Labute approximate surface area is 120 Å². The monoisotopic (exact) mass is 283 g/mol. The van der Waals surface area contributed by atoms with Gasteiger partial charge in [0.15, 0.2) is 0 Å². The minimum absolute atomic E-state index is 0.0206. The Morgan fingerprint density at radius 1 is 1.35 bits per heavy atom. The first kappa shape index (κ1) is 15.3. The summed E-state index contributed by atoms with van der Waals surface area (Å²) in [7, 11) is 5.30. The molecule has 0 bridgehead atoms. The second-order valence-corrected chi connectivity index (χ2v) is 6.05. The fraction of sp³-hybridized carbons (Fsp3) is 0.857. The summed E-state index contributed by atoms with van der Waals surface area (Å²) in [5, 5.41) is 0. The molecule has 0 unspecified atom stereocenters. The molecule has 6 nitrogen and oxygen atoms in total. The van der Waals surface area contributed by atoms with E-state index in [1.165, 1.54) is 0 Å². The summed E-state index contributed by atoms with van der Waals surface area (Å²) >= 11 is 0. The molecule has 0 radical (unpaired) electrons. The normalized spacial score (nSPS) is 29.6. The third-order valence-corrected chi connectivity index (χ3v) is 4.99. The molecule has 6 heteroatoms. The third kappa shape index (κ3) is 2.42. The number of amides is 2. The van der Waals surface area contributed by atoms with Gasteiger partial charge in [-0.05, 0) is 26.3 Å². The van der Waals surface area contributed by atoms with Gasteiger partial charge in [0.2, 0.25) is 11.8 Å². The zero-order valence-electron chi connectivity index (χ0n) is 12.6. The lowest BCUT2D eigenvalue weighted by Crippen LogP contribution is -2.59. The number of rotatable bonds is 4. The number of nitrogens with zero attached hydrogens (tertiary/aromatic N) is 2. The van der Waals surface area contributed by atoms with Crippen molar-refractivity contribution in [3.05, 3.63) is 0 Å². The van der Waals surface area contributed by atoms with E-state index in [0.29, 0.717) is 19.3 Å². The maximum atomic E-state index is 12.7. The van der Waals surface area contributed by atoms with Crippen LogP contribution in [0.25, 0.3) is 0 Å². The molecule has 114 valence electrons. The van der Waals surface area contributed by atoms with Gasteiger partial charge < -0.3 is 15.4 Å². The number of hydrogen-bond acceptors (Lipinski definition) is 4. The second kappa shape index (κ2) is 5.69. The molecule has 1 aliphatic heterocycles. The Morgan fingerprint density at radius 3 is 2.40 bits per heavy atom. The molecule has 2 amide bonds. The standard InChI is InChI=1S/C14H25N3O3/c1-16-9-10(20-3)8-11(16)12(18)17(2)14(13(15)19)6-4-5-7-14/h10-11H,4-9H2,1-3H3,(H2,15,19)/t10-,11-/m0/s1. The first-order valence-electron chi connectivity index (χ1n) is 7.23. The molecular formula is C14H25N3O3. The largest absolute Gasteiger partial charge is 0.380 e. The summed E-state index contributed by atoms with van der Waals surface area (Å²) in [5.41, 5.74) is 4.80. The van der Waals surface area contributed by atoms with Crippen LogP contribution in [-0.4, -0.2) is 67.0 Å². The lowest BCUT2D eigenvalue weighted by molar-refractivity contribution is -0.147. The van der Waals surface area contributed by atoms with Crippen LogP contribution in [0.1, 0.15) is 32.1 Å². The van der Waals surface area contributed by atoms with Gasteiger partial charge in [0, 0.05) is 20.7 Å². The number of hydrogen-bond donors (Lipinski definition) is 1. The van der Waals surface area contributed by atoms with Crippen LogP contribution in [0.3, 0.4) is 0 Å². The number of likely N-dealkylation sites (N-methyl/N-ethyl adjacent to an activating group) is 2. The van der Waals surface area contributed by atoms with Crippen LogP contribution < -0.4 is 5.73 Å². The van der Waals surface area contributed by atoms with Gasteiger partial charge in [0.25, 0.3) is 0 Å². The molecule has 2 rings (SSSR count). The van der Waals surface area contributed by atoms with E-state index in [0.717, 1.165) is 19.4 Å². The number of likely N-dealkylation sites (tertiary alicyclic amines) is 1. The summed E-state index contributed by atoms with van der Waals surface area (Å²) in [6, 6.07) is -0.221. The number of carbonyl (C=O) groups is 2. The smallest absolute Gasteiger partial charge is 0.243 e. The molecule has 0 aromatic carbocycles. The Bertz CT molecular complexity index is 393. The van der Waals surface area contributed by atoms with Gasteiger partial charge in [0.1, 0.15) is 5.54 Å². The van der Waals surface area contributed by atoms with E-state index in [2.05, 4.69) is 0 Å². The summed E-state index contributed by atoms with van der Waals surface area (Å²) in [6.45, 7) is 0.740. The van der Waals surface area contributed by atoms with Crippen molar-refractivity contribution in [3.8, 4) is 0 Å². The summed E-state index contributed by atoms with van der Waals surface area (Å²) < 4.78 is 5.34. The molecule has 1 aliphatic carbocycles. The highest BCUT2D eigenvalue weighted by atomic mass is 16.5. The van der Waals surface area contributed by atoms with Crippen LogP contribution in [0, 0.1) is 0 Å². The summed E-state index contributed by atoms with van der Waals surface area (Å²) in [6.07, 6.45) is 3.99. The zero-order chi connectivity index (χ0) is 14.9. The SMILES string of the molecule is CO[C@H]1C[C@@H](C(=O)N(C)C2(C(N)=O)CCCC2)N(C)C1. The lowest BCUT2D eigenvalue weighted by atomic mass is 9.93. The minimum atomic E-state index is -0.789. The molecule has 1 saturated carbocycles. The molecule has 2 fully saturated rings.